The summed E-state index contributed by atoms with van der Waals surface area (Å²) >= 11 is 0. The van der Waals surface area contributed by atoms with E-state index in [1.165, 1.54) is 0 Å². The van der Waals surface area contributed by atoms with Gasteiger partial charge in [0.15, 0.2) is 0 Å². The molecule has 0 saturated heterocycles. The van der Waals surface area contributed by atoms with Crippen LogP contribution in [-0.4, -0.2) is 21.7 Å². The molecule has 48 valence electrons. The van der Waals surface area contributed by atoms with E-state index >= 15 is 0 Å². The maximum absolute atomic E-state index is 9.79. The van der Waals surface area contributed by atoms with Gasteiger partial charge in [0.25, 0.3) is 0 Å². The van der Waals surface area contributed by atoms with E-state index in [1.54, 1.807) is 0 Å². The monoisotopic (exact) mass is 140 g/mol. The van der Waals surface area contributed by atoms with Crippen LogP contribution in [0.3, 0.4) is 0 Å². The molecule has 0 atom stereocenters. The van der Waals surface area contributed by atoms with E-state index in [9.17, 15) is 13.2 Å². The first kappa shape index (κ1) is 7.22. The zero-order valence-corrected chi connectivity index (χ0v) is 4.88. The van der Waals surface area contributed by atoms with Gasteiger partial charge in [-0.05, 0) is 0 Å². The minimum absolute atomic E-state index is 1.02. The van der Waals surface area contributed by atoms with Gasteiger partial charge in [0.2, 0.25) is 0 Å². The number of hydrogen-bond donors (Lipinski definition) is 1. The molecule has 0 aliphatic heterocycles. The van der Waals surface area contributed by atoms with Crippen LogP contribution in [0.4, 0.5) is 4.79 Å². The van der Waals surface area contributed by atoms with Crippen molar-refractivity contribution in [2.24, 2.45) is 0 Å². The molecule has 0 saturated carbocycles. The molecule has 0 fully saturated rings. The molecule has 0 amide bonds. The summed E-state index contributed by atoms with van der Waals surface area (Å²) < 4.78 is 26.3. The fourth-order valence-electron chi connectivity index (χ4n) is 0.0981. The average Bonchev–Trinajstić information content (AvgIpc) is 1.65. The second kappa shape index (κ2) is 3.25. The summed E-state index contributed by atoms with van der Waals surface area (Å²) in [5.74, 6) is 0. The van der Waals surface area contributed by atoms with Crippen LogP contribution in [0.1, 0.15) is 0 Å². The minimum Gasteiger partial charge on any atom is -0.437 e. The molecule has 0 aliphatic carbocycles. The predicted octanol–water partition coefficient (Wildman–Crippen LogP) is -0.704. The zero-order chi connectivity index (χ0) is 6.57. The molecule has 0 aromatic carbocycles. The molecule has 0 aliphatic rings. The summed E-state index contributed by atoms with van der Waals surface area (Å²) in [7, 11) is -2.11. The lowest BCUT2D eigenvalue weighted by Gasteiger charge is -1.89. The van der Waals surface area contributed by atoms with Crippen molar-refractivity contribution >= 4 is 17.1 Å². The van der Waals surface area contributed by atoms with E-state index < -0.39 is 17.1 Å². The average molecular weight is 140 g/mol. The third-order valence-corrected chi connectivity index (χ3v) is 0.614. The van der Waals surface area contributed by atoms with Gasteiger partial charge in [-0.1, -0.05) is 0 Å². The molecular weight excluding hydrogens is 136 g/mol. The highest BCUT2D eigenvalue weighted by atomic mass is 32.2. The van der Waals surface area contributed by atoms with Crippen molar-refractivity contribution in [1.29, 1.82) is 0 Å². The van der Waals surface area contributed by atoms with Gasteiger partial charge in [-0.25, -0.2) is 4.79 Å². The van der Waals surface area contributed by atoms with E-state index in [0.717, 1.165) is 7.11 Å². The predicted molar refractivity (Wildman–Crippen MR) is 23.8 cm³/mol. The molecule has 0 heterocycles. The van der Waals surface area contributed by atoms with Crippen LogP contribution in [0, 0.1) is 0 Å². The van der Waals surface area contributed by atoms with Crippen LogP contribution in [-0.2, 0) is 19.9 Å². The van der Waals surface area contributed by atoms with Crippen molar-refractivity contribution < 1.29 is 22.1 Å². The fourth-order valence-corrected chi connectivity index (χ4v) is 0.294. The Kier molecular flexibility index (Phi) is 2.93. The van der Waals surface area contributed by atoms with E-state index in [0.29, 0.717) is 0 Å². The van der Waals surface area contributed by atoms with Crippen LogP contribution in [0.25, 0.3) is 0 Å². The lowest BCUT2D eigenvalue weighted by molar-refractivity contribution is 0.126. The largest absolute Gasteiger partial charge is 0.523 e. The smallest absolute Gasteiger partial charge is 0.437 e. The van der Waals surface area contributed by atoms with E-state index in [4.69, 9.17) is 0 Å². The molecule has 8 heavy (non-hydrogen) atoms. The molecule has 0 bridgehead atoms. The number of hydrogen-bond acceptors (Lipinski definition) is 5. The third-order valence-electron chi connectivity index (χ3n) is 0.316. The molecule has 6 heteroatoms. The van der Waals surface area contributed by atoms with Crippen molar-refractivity contribution in [2.75, 3.05) is 7.11 Å². The van der Waals surface area contributed by atoms with Crippen LogP contribution in [0.2, 0.25) is 0 Å². The highest BCUT2D eigenvalue weighted by Gasteiger charge is 1.98. The Balaban J connectivity index is 3.56. The number of methoxy groups -OCH3 is 1. The second-order valence-electron chi connectivity index (χ2n) is 0.769. The Bertz CT molecular complexity index is 139. The molecule has 0 N–H and O–H groups in total. The summed E-state index contributed by atoms with van der Waals surface area (Å²) in [5.41, 5.74) is 0. The minimum atomic E-state index is -3.12. The molecule has 0 aromatic rings. The topological polar surface area (TPSA) is 69.7 Å². The Morgan fingerprint density at radius 3 is 2.12 bits per heavy atom. The van der Waals surface area contributed by atoms with Gasteiger partial charge in [0.1, 0.15) is 0 Å². The van der Waals surface area contributed by atoms with Gasteiger partial charge in [0, 0.05) is 0 Å². The molecule has 5 nitrogen and oxygen atoms in total. The second-order valence-corrected chi connectivity index (χ2v) is 1.40. The first-order valence-electron chi connectivity index (χ1n) is 1.57. The number of rotatable bonds is 1. The van der Waals surface area contributed by atoms with Gasteiger partial charge in [-0.3, -0.25) is 0 Å². The maximum Gasteiger partial charge on any atom is 0.523 e. The molecule has 0 radical (unpaired) electrons. The number of ether oxygens (including phenoxy) is 1. The summed E-state index contributed by atoms with van der Waals surface area (Å²) in [6.07, 6.45) is -1.22. The Morgan fingerprint density at radius 1 is 1.50 bits per heavy atom. The molecule has 0 spiro atoms. The number of carbonyl (C=O) groups is 1. The summed E-state index contributed by atoms with van der Waals surface area (Å²) in [5, 5.41) is 0. The van der Waals surface area contributed by atoms with Crippen molar-refractivity contribution in [2.45, 2.75) is 0 Å². The molecular formula is C2H4O5S. The SMILES string of the molecule is COC(=O)O[SH](=O)=O. The lowest BCUT2D eigenvalue weighted by atomic mass is 11.4. The summed E-state index contributed by atoms with van der Waals surface area (Å²) in [6, 6.07) is 0. The normalized spacial score (nSPS) is 8.75. The molecule has 0 aromatic heterocycles. The van der Waals surface area contributed by atoms with E-state index in [1.807, 2.05) is 0 Å². The summed E-state index contributed by atoms with van der Waals surface area (Å²) in [6.45, 7) is 0. The molecule has 0 unspecified atom stereocenters. The maximum atomic E-state index is 9.79. The van der Waals surface area contributed by atoms with Crippen LogP contribution >= 0.6 is 0 Å². The Labute approximate surface area is 47.4 Å². The van der Waals surface area contributed by atoms with Gasteiger partial charge >= 0.3 is 17.1 Å². The van der Waals surface area contributed by atoms with E-state index in [-0.39, 0.29) is 0 Å². The van der Waals surface area contributed by atoms with Crippen molar-refractivity contribution in [3.8, 4) is 0 Å². The standard InChI is InChI=1S/C2H4O5S/c1-6-2(3)7-8(4)5/h8H,1H3. The molecule has 0 rings (SSSR count). The van der Waals surface area contributed by atoms with Crippen molar-refractivity contribution in [1.82, 2.24) is 0 Å². The van der Waals surface area contributed by atoms with Crippen LogP contribution in [0.15, 0.2) is 0 Å². The van der Waals surface area contributed by atoms with Crippen molar-refractivity contribution in [3.63, 3.8) is 0 Å². The third kappa shape index (κ3) is 3.41. The Hall–Kier alpha value is -0.780. The first-order valence-corrected chi connectivity index (χ1v) is 2.66. The van der Waals surface area contributed by atoms with Crippen LogP contribution in [0.5, 0.6) is 0 Å². The number of carbonyl (C=O) groups excluding carboxylic acids is 1. The lowest BCUT2D eigenvalue weighted by Crippen LogP contribution is -2.01. The van der Waals surface area contributed by atoms with E-state index in [2.05, 4.69) is 8.92 Å². The quantitative estimate of drug-likeness (QED) is 0.385. The van der Waals surface area contributed by atoms with Gasteiger partial charge in [-0.2, -0.15) is 8.42 Å². The first-order chi connectivity index (χ1) is 3.66. The van der Waals surface area contributed by atoms with Gasteiger partial charge < -0.3 is 8.92 Å². The Morgan fingerprint density at radius 2 is 2.00 bits per heavy atom. The highest BCUT2D eigenvalue weighted by Crippen LogP contribution is 1.78. The number of thiol groups is 1. The summed E-state index contributed by atoms with van der Waals surface area (Å²) in [4.78, 5) is 9.79. The van der Waals surface area contributed by atoms with Gasteiger partial charge in [-0.15, -0.1) is 0 Å². The highest BCUT2D eigenvalue weighted by molar-refractivity contribution is 7.67. The van der Waals surface area contributed by atoms with Crippen molar-refractivity contribution in [3.05, 3.63) is 0 Å². The van der Waals surface area contributed by atoms with Gasteiger partial charge in [0.05, 0.1) is 7.11 Å². The van der Waals surface area contributed by atoms with Crippen LogP contribution < -0.4 is 0 Å². The zero-order valence-electron chi connectivity index (χ0n) is 3.99. The fraction of sp³-hybridized carbons (Fsp3) is 0.500.